The van der Waals surface area contributed by atoms with Crippen molar-refractivity contribution >= 4 is 11.6 Å². The molecule has 2 rings (SSSR count). The van der Waals surface area contributed by atoms with Gasteiger partial charge in [-0.1, -0.05) is 0 Å². The highest BCUT2D eigenvalue weighted by Gasteiger charge is 2.07. The van der Waals surface area contributed by atoms with Gasteiger partial charge in [0.2, 0.25) is 5.91 Å². The number of nitrogens with two attached hydrogens (primary N) is 2. The molecule has 0 saturated carbocycles. The van der Waals surface area contributed by atoms with E-state index < -0.39 is 11.7 Å². The average molecular weight is 261 g/mol. The highest BCUT2D eigenvalue weighted by atomic mass is 19.1. The maximum Gasteiger partial charge on any atom is 0.223 e. The predicted octanol–water partition coefficient (Wildman–Crippen LogP) is 1.62. The van der Waals surface area contributed by atoms with E-state index in [9.17, 15) is 9.18 Å². The monoisotopic (exact) mass is 261 g/mol. The minimum Gasteiger partial charge on any atom is -0.454 e. The molecule has 0 aliphatic carbocycles. The molecule has 0 aliphatic heterocycles. The first-order chi connectivity index (χ1) is 9.04. The largest absolute Gasteiger partial charge is 0.454 e. The Morgan fingerprint density at radius 2 is 2.11 bits per heavy atom. The molecule has 0 unspecified atom stereocenters. The zero-order valence-electron chi connectivity index (χ0n) is 9.97. The standard InChI is InChI=1S/C13H12FN3O2/c14-11-5-8(15)1-2-12(11)19-10-3-4-17-9(6-10)7-13(16)18/h1-6H,7,15H2,(H2,16,18). The minimum atomic E-state index is -0.562. The van der Waals surface area contributed by atoms with Crippen LogP contribution >= 0.6 is 0 Å². The third-order valence-corrected chi connectivity index (χ3v) is 2.33. The smallest absolute Gasteiger partial charge is 0.223 e. The van der Waals surface area contributed by atoms with Crippen molar-refractivity contribution in [2.45, 2.75) is 6.42 Å². The molecular weight excluding hydrogens is 249 g/mol. The van der Waals surface area contributed by atoms with E-state index in [-0.39, 0.29) is 12.2 Å². The Labute approximate surface area is 109 Å². The third kappa shape index (κ3) is 3.41. The fourth-order valence-electron chi connectivity index (χ4n) is 1.52. The van der Waals surface area contributed by atoms with Crippen LogP contribution in [0.15, 0.2) is 36.5 Å². The van der Waals surface area contributed by atoms with Crippen LogP contribution < -0.4 is 16.2 Å². The molecule has 0 bridgehead atoms. The molecule has 6 heteroatoms. The molecule has 4 N–H and O–H groups in total. The predicted molar refractivity (Wildman–Crippen MR) is 68.0 cm³/mol. The van der Waals surface area contributed by atoms with Gasteiger partial charge >= 0.3 is 0 Å². The number of anilines is 1. The number of benzene rings is 1. The SMILES string of the molecule is NC(=O)Cc1cc(Oc2ccc(N)cc2F)ccn1. The quantitative estimate of drug-likeness (QED) is 0.818. The Morgan fingerprint density at radius 3 is 2.79 bits per heavy atom. The van der Waals surface area contributed by atoms with Gasteiger partial charge in [-0.15, -0.1) is 0 Å². The highest BCUT2D eigenvalue weighted by molar-refractivity contribution is 5.76. The lowest BCUT2D eigenvalue weighted by Gasteiger charge is -2.08. The molecule has 1 heterocycles. The Hall–Kier alpha value is -2.63. The van der Waals surface area contributed by atoms with Crippen molar-refractivity contribution in [3.63, 3.8) is 0 Å². The number of aromatic nitrogens is 1. The molecule has 0 radical (unpaired) electrons. The second-order valence-corrected chi connectivity index (χ2v) is 3.92. The van der Waals surface area contributed by atoms with Crippen LogP contribution in [0.25, 0.3) is 0 Å². The summed E-state index contributed by atoms with van der Waals surface area (Å²) >= 11 is 0. The van der Waals surface area contributed by atoms with Crippen LogP contribution in [0.5, 0.6) is 11.5 Å². The van der Waals surface area contributed by atoms with Crippen molar-refractivity contribution in [3.8, 4) is 11.5 Å². The van der Waals surface area contributed by atoms with Gasteiger partial charge in [-0.25, -0.2) is 4.39 Å². The van der Waals surface area contributed by atoms with Crippen LogP contribution in [0.3, 0.4) is 0 Å². The number of pyridine rings is 1. The highest BCUT2D eigenvalue weighted by Crippen LogP contribution is 2.25. The van der Waals surface area contributed by atoms with E-state index in [0.29, 0.717) is 17.1 Å². The summed E-state index contributed by atoms with van der Waals surface area (Å²) in [5.74, 6) is -0.642. The molecule has 0 saturated heterocycles. The third-order valence-electron chi connectivity index (χ3n) is 2.33. The maximum absolute atomic E-state index is 13.6. The number of nitrogens with zero attached hydrogens (tertiary/aromatic N) is 1. The molecule has 0 fully saturated rings. The van der Waals surface area contributed by atoms with Crippen molar-refractivity contribution in [3.05, 3.63) is 48.0 Å². The van der Waals surface area contributed by atoms with E-state index in [0.717, 1.165) is 0 Å². The van der Waals surface area contributed by atoms with Gasteiger partial charge in [0.15, 0.2) is 11.6 Å². The van der Waals surface area contributed by atoms with Crippen molar-refractivity contribution < 1.29 is 13.9 Å². The van der Waals surface area contributed by atoms with Gasteiger partial charge in [0.1, 0.15) is 5.75 Å². The van der Waals surface area contributed by atoms with Crippen LogP contribution in [-0.2, 0) is 11.2 Å². The first-order valence-electron chi connectivity index (χ1n) is 5.51. The number of nitrogen functional groups attached to an aromatic ring is 1. The Bertz CT molecular complexity index is 617. The molecule has 1 amide bonds. The summed E-state index contributed by atoms with van der Waals surface area (Å²) < 4.78 is 18.9. The van der Waals surface area contributed by atoms with Crippen LogP contribution in [-0.4, -0.2) is 10.9 Å². The molecule has 2 aromatic rings. The maximum atomic E-state index is 13.6. The fraction of sp³-hybridized carbons (Fsp3) is 0.0769. The van der Waals surface area contributed by atoms with Gasteiger partial charge in [0.25, 0.3) is 0 Å². The van der Waals surface area contributed by atoms with Gasteiger partial charge < -0.3 is 16.2 Å². The molecule has 19 heavy (non-hydrogen) atoms. The van der Waals surface area contributed by atoms with Gasteiger partial charge in [0.05, 0.1) is 12.1 Å². The fourth-order valence-corrected chi connectivity index (χ4v) is 1.52. The lowest BCUT2D eigenvalue weighted by atomic mass is 10.2. The molecule has 5 nitrogen and oxygen atoms in total. The Kier molecular flexibility index (Phi) is 3.61. The van der Waals surface area contributed by atoms with Crippen molar-refractivity contribution in [2.24, 2.45) is 5.73 Å². The summed E-state index contributed by atoms with van der Waals surface area (Å²) in [7, 11) is 0. The normalized spacial score (nSPS) is 10.2. The minimum absolute atomic E-state index is 0.00141. The number of hydrogen-bond acceptors (Lipinski definition) is 4. The number of hydrogen-bond donors (Lipinski definition) is 2. The Balaban J connectivity index is 2.21. The van der Waals surface area contributed by atoms with Crippen molar-refractivity contribution in [1.82, 2.24) is 4.98 Å². The topological polar surface area (TPSA) is 91.2 Å². The summed E-state index contributed by atoms with van der Waals surface area (Å²) in [6.45, 7) is 0. The molecule has 0 atom stereocenters. The van der Waals surface area contributed by atoms with Crippen molar-refractivity contribution in [2.75, 3.05) is 5.73 Å². The summed E-state index contributed by atoms with van der Waals surface area (Å²) in [4.78, 5) is 14.8. The van der Waals surface area contributed by atoms with Gasteiger partial charge in [-0.2, -0.15) is 0 Å². The van der Waals surface area contributed by atoms with E-state index in [4.69, 9.17) is 16.2 Å². The van der Waals surface area contributed by atoms with E-state index >= 15 is 0 Å². The zero-order chi connectivity index (χ0) is 13.8. The van der Waals surface area contributed by atoms with Gasteiger partial charge in [0, 0.05) is 24.0 Å². The van der Waals surface area contributed by atoms with Crippen LogP contribution in [0.4, 0.5) is 10.1 Å². The first-order valence-corrected chi connectivity index (χ1v) is 5.51. The molecule has 0 spiro atoms. The van der Waals surface area contributed by atoms with Crippen LogP contribution in [0.1, 0.15) is 5.69 Å². The second kappa shape index (κ2) is 5.34. The number of carbonyl (C=O) groups excluding carboxylic acids is 1. The molecule has 1 aromatic carbocycles. The second-order valence-electron chi connectivity index (χ2n) is 3.92. The number of amides is 1. The molecule has 0 aliphatic rings. The van der Waals surface area contributed by atoms with E-state index in [1.54, 1.807) is 6.07 Å². The summed E-state index contributed by atoms with van der Waals surface area (Å²) in [5.41, 5.74) is 11.3. The number of carbonyl (C=O) groups is 1. The van der Waals surface area contributed by atoms with Crippen molar-refractivity contribution in [1.29, 1.82) is 0 Å². The number of primary amides is 1. The molecule has 98 valence electrons. The van der Waals surface area contributed by atoms with E-state index in [1.807, 2.05) is 0 Å². The van der Waals surface area contributed by atoms with E-state index in [1.165, 1.54) is 30.5 Å². The number of rotatable bonds is 4. The average Bonchev–Trinajstić information content (AvgIpc) is 2.32. The van der Waals surface area contributed by atoms with Crippen LogP contribution in [0, 0.1) is 5.82 Å². The van der Waals surface area contributed by atoms with Gasteiger partial charge in [-0.3, -0.25) is 9.78 Å². The number of halogens is 1. The van der Waals surface area contributed by atoms with E-state index in [2.05, 4.69) is 4.98 Å². The van der Waals surface area contributed by atoms with Gasteiger partial charge in [-0.05, 0) is 18.2 Å². The first kappa shape index (κ1) is 12.8. The summed E-state index contributed by atoms with van der Waals surface area (Å²) in [6.07, 6.45) is 1.46. The Morgan fingerprint density at radius 1 is 1.32 bits per heavy atom. The zero-order valence-corrected chi connectivity index (χ0v) is 9.97. The lowest BCUT2D eigenvalue weighted by molar-refractivity contribution is -0.117. The summed E-state index contributed by atoms with van der Waals surface area (Å²) in [5, 5.41) is 0. The molecule has 1 aromatic heterocycles. The molecular formula is C13H12FN3O2. The number of ether oxygens (including phenoxy) is 1. The lowest BCUT2D eigenvalue weighted by Crippen LogP contribution is -2.14. The van der Waals surface area contributed by atoms with Crippen LogP contribution in [0.2, 0.25) is 0 Å². The summed E-state index contributed by atoms with van der Waals surface area (Å²) in [6, 6.07) is 7.21.